The monoisotopic (exact) mass is 312 g/mol. The molecule has 2 heterocycles. The molecule has 4 heteroatoms. The standard InChI is InChI=1S/C20H12N2O2/c23-19-12-6-1-2-7-13(12)20(24)18-17(19)15(10-22-18)14-9-21-16-8-4-3-5-11(14)16/h1-10,21-22H. The lowest BCUT2D eigenvalue weighted by Gasteiger charge is -2.15. The van der Waals surface area contributed by atoms with Crippen molar-refractivity contribution in [1.29, 1.82) is 0 Å². The highest BCUT2D eigenvalue weighted by atomic mass is 16.1. The number of carbonyl (C=O) groups excluding carboxylic acids is 2. The molecular weight excluding hydrogens is 300 g/mol. The highest BCUT2D eigenvalue weighted by molar-refractivity contribution is 6.30. The van der Waals surface area contributed by atoms with Crippen LogP contribution in [-0.4, -0.2) is 21.5 Å². The third kappa shape index (κ3) is 1.57. The van der Waals surface area contributed by atoms with Crippen molar-refractivity contribution >= 4 is 22.5 Å². The van der Waals surface area contributed by atoms with E-state index in [9.17, 15) is 9.59 Å². The molecule has 0 saturated heterocycles. The van der Waals surface area contributed by atoms with E-state index >= 15 is 0 Å². The Hall–Kier alpha value is -3.40. The highest BCUT2D eigenvalue weighted by Gasteiger charge is 2.33. The number of nitrogens with one attached hydrogen (secondary N) is 2. The quantitative estimate of drug-likeness (QED) is 0.492. The minimum Gasteiger partial charge on any atom is -0.361 e. The molecule has 0 saturated carbocycles. The van der Waals surface area contributed by atoms with Crippen molar-refractivity contribution in [1.82, 2.24) is 9.97 Å². The highest BCUT2D eigenvalue weighted by Crippen LogP contribution is 2.37. The number of para-hydroxylation sites is 1. The van der Waals surface area contributed by atoms with Crippen LogP contribution in [0.2, 0.25) is 0 Å². The number of rotatable bonds is 1. The normalized spacial score (nSPS) is 13.2. The van der Waals surface area contributed by atoms with Crippen LogP contribution in [0.1, 0.15) is 32.0 Å². The van der Waals surface area contributed by atoms with E-state index in [1.807, 2.05) is 30.5 Å². The second-order valence-corrected chi connectivity index (χ2v) is 5.90. The number of carbonyl (C=O) groups is 2. The summed E-state index contributed by atoms with van der Waals surface area (Å²) in [5, 5.41) is 1.03. The molecule has 2 aromatic heterocycles. The third-order valence-corrected chi connectivity index (χ3v) is 4.63. The number of aromatic nitrogens is 2. The van der Waals surface area contributed by atoms with Crippen LogP contribution in [0, 0.1) is 0 Å². The van der Waals surface area contributed by atoms with Crippen LogP contribution in [0.3, 0.4) is 0 Å². The van der Waals surface area contributed by atoms with Crippen molar-refractivity contribution in [3.8, 4) is 11.1 Å². The number of hydrogen-bond acceptors (Lipinski definition) is 2. The largest absolute Gasteiger partial charge is 0.361 e. The van der Waals surface area contributed by atoms with E-state index in [0.29, 0.717) is 22.4 Å². The molecule has 4 aromatic rings. The van der Waals surface area contributed by atoms with E-state index in [4.69, 9.17) is 0 Å². The maximum atomic E-state index is 13.0. The molecule has 0 bridgehead atoms. The lowest BCUT2D eigenvalue weighted by molar-refractivity contribution is 0.0977. The Labute approximate surface area is 137 Å². The summed E-state index contributed by atoms with van der Waals surface area (Å²) in [6.45, 7) is 0. The van der Waals surface area contributed by atoms with Crippen LogP contribution in [0.5, 0.6) is 0 Å². The van der Waals surface area contributed by atoms with Gasteiger partial charge in [-0.2, -0.15) is 0 Å². The maximum absolute atomic E-state index is 13.0. The van der Waals surface area contributed by atoms with Crippen LogP contribution in [0.15, 0.2) is 60.9 Å². The SMILES string of the molecule is O=C1c2ccccc2C(=O)c2c(-c3c[nH]c4ccccc34)c[nH]c21. The van der Waals surface area contributed by atoms with Gasteiger partial charge in [-0.3, -0.25) is 9.59 Å². The lowest BCUT2D eigenvalue weighted by Crippen LogP contribution is -2.20. The summed E-state index contributed by atoms with van der Waals surface area (Å²) < 4.78 is 0. The molecule has 4 nitrogen and oxygen atoms in total. The number of H-pyrrole nitrogens is 2. The van der Waals surface area contributed by atoms with Gasteiger partial charge in [0.2, 0.25) is 5.78 Å². The van der Waals surface area contributed by atoms with Gasteiger partial charge in [-0.05, 0) is 6.07 Å². The van der Waals surface area contributed by atoms with E-state index in [-0.39, 0.29) is 11.6 Å². The molecule has 1 aliphatic rings. The molecule has 0 fully saturated rings. The van der Waals surface area contributed by atoms with E-state index in [1.54, 1.807) is 30.5 Å². The number of hydrogen-bond donors (Lipinski definition) is 2. The van der Waals surface area contributed by atoms with Gasteiger partial charge in [0.1, 0.15) is 0 Å². The average molecular weight is 312 g/mol. The summed E-state index contributed by atoms with van der Waals surface area (Å²) in [4.78, 5) is 31.9. The molecule has 0 unspecified atom stereocenters. The Balaban J connectivity index is 1.79. The fourth-order valence-electron chi connectivity index (χ4n) is 3.49. The van der Waals surface area contributed by atoms with Crippen molar-refractivity contribution in [2.45, 2.75) is 0 Å². The maximum Gasteiger partial charge on any atom is 0.210 e. The van der Waals surface area contributed by atoms with E-state index in [1.165, 1.54) is 0 Å². The van der Waals surface area contributed by atoms with Crippen LogP contribution in [-0.2, 0) is 0 Å². The summed E-state index contributed by atoms with van der Waals surface area (Å²) in [6, 6.07) is 14.9. The van der Waals surface area contributed by atoms with Crippen molar-refractivity contribution in [3.63, 3.8) is 0 Å². The summed E-state index contributed by atoms with van der Waals surface area (Å²) in [5.74, 6) is -0.243. The van der Waals surface area contributed by atoms with Gasteiger partial charge in [-0.25, -0.2) is 0 Å². The van der Waals surface area contributed by atoms with Gasteiger partial charge in [0.05, 0.1) is 11.3 Å². The molecule has 0 aliphatic heterocycles. The summed E-state index contributed by atoms with van der Waals surface area (Å²) in [7, 11) is 0. The van der Waals surface area contributed by atoms with Crippen molar-refractivity contribution in [3.05, 3.63) is 83.3 Å². The molecule has 2 aromatic carbocycles. The Morgan fingerprint density at radius 2 is 1.29 bits per heavy atom. The molecule has 114 valence electrons. The van der Waals surface area contributed by atoms with Crippen LogP contribution in [0.4, 0.5) is 0 Å². The predicted octanol–water partition coefficient (Wildman–Crippen LogP) is 3.94. The van der Waals surface area contributed by atoms with Crippen LogP contribution >= 0.6 is 0 Å². The lowest BCUT2D eigenvalue weighted by atomic mass is 9.85. The van der Waals surface area contributed by atoms with Gasteiger partial charge in [-0.1, -0.05) is 42.5 Å². The number of fused-ring (bicyclic) bond motifs is 3. The summed E-state index contributed by atoms with van der Waals surface area (Å²) >= 11 is 0. The predicted molar refractivity (Wildman–Crippen MR) is 91.4 cm³/mol. The first-order chi connectivity index (χ1) is 11.8. The van der Waals surface area contributed by atoms with Crippen molar-refractivity contribution in [2.75, 3.05) is 0 Å². The topological polar surface area (TPSA) is 65.7 Å². The van der Waals surface area contributed by atoms with Crippen molar-refractivity contribution < 1.29 is 9.59 Å². The zero-order chi connectivity index (χ0) is 16.3. The average Bonchev–Trinajstić information content (AvgIpc) is 3.24. The fourth-order valence-corrected chi connectivity index (χ4v) is 3.49. The smallest absolute Gasteiger partial charge is 0.210 e. The molecule has 0 atom stereocenters. The number of aromatic amines is 2. The van der Waals surface area contributed by atoms with Gasteiger partial charge in [-0.15, -0.1) is 0 Å². The molecule has 0 radical (unpaired) electrons. The Kier molecular flexibility index (Phi) is 2.48. The first-order valence-corrected chi connectivity index (χ1v) is 7.72. The molecule has 24 heavy (non-hydrogen) atoms. The molecule has 0 amide bonds. The zero-order valence-electron chi connectivity index (χ0n) is 12.6. The minimum atomic E-state index is -0.133. The second-order valence-electron chi connectivity index (χ2n) is 5.90. The van der Waals surface area contributed by atoms with Crippen LogP contribution < -0.4 is 0 Å². The molecule has 5 rings (SSSR count). The van der Waals surface area contributed by atoms with Gasteiger partial charge in [0, 0.05) is 45.6 Å². The van der Waals surface area contributed by atoms with E-state index in [0.717, 1.165) is 22.0 Å². The van der Waals surface area contributed by atoms with Gasteiger partial charge >= 0.3 is 0 Å². The van der Waals surface area contributed by atoms with Gasteiger partial charge < -0.3 is 9.97 Å². The van der Waals surface area contributed by atoms with E-state index < -0.39 is 0 Å². The Morgan fingerprint density at radius 1 is 0.625 bits per heavy atom. The molecule has 0 spiro atoms. The summed E-state index contributed by atoms with van der Waals surface area (Å²) in [6.07, 6.45) is 3.63. The molecule has 2 N–H and O–H groups in total. The summed E-state index contributed by atoms with van der Waals surface area (Å²) in [5.41, 5.74) is 4.44. The van der Waals surface area contributed by atoms with Gasteiger partial charge in [0.25, 0.3) is 0 Å². The number of ketones is 2. The first-order valence-electron chi connectivity index (χ1n) is 7.72. The minimum absolute atomic E-state index is 0.110. The van der Waals surface area contributed by atoms with Crippen LogP contribution in [0.25, 0.3) is 22.0 Å². The van der Waals surface area contributed by atoms with Crippen molar-refractivity contribution in [2.24, 2.45) is 0 Å². The van der Waals surface area contributed by atoms with E-state index in [2.05, 4.69) is 9.97 Å². The first kappa shape index (κ1) is 13.1. The second kappa shape index (κ2) is 4.55. The number of benzene rings is 2. The Bertz CT molecular complexity index is 1150. The zero-order valence-corrected chi connectivity index (χ0v) is 12.6. The fraction of sp³-hybridized carbons (Fsp3) is 0. The third-order valence-electron chi connectivity index (χ3n) is 4.63. The molecular formula is C20H12N2O2. The van der Waals surface area contributed by atoms with Gasteiger partial charge in [0.15, 0.2) is 5.78 Å². The molecule has 1 aliphatic carbocycles. The Morgan fingerprint density at radius 3 is 2.12 bits per heavy atom.